The number of fused-ring (bicyclic) bond motifs is 1. The van der Waals surface area contributed by atoms with Gasteiger partial charge in [0, 0.05) is 0 Å². The number of para-hydroxylation sites is 1. The van der Waals surface area contributed by atoms with Crippen molar-refractivity contribution in [3.8, 4) is 0 Å². The molecule has 6 nitrogen and oxygen atoms in total. The Bertz CT molecular complexity index is 618. The third-order valence-electron chi connectivity index (χ3n) is 2.35. The van der Waals surface area contributed by atoms with Gasteiger partial charge in [-0.2, -0.15) is 5.10 Å². The molecule has 0 aliphatic rings. The Morgan fingerprint density at radius 3 is 2.76 bits per heavy atom. The maximum Gasteiger partial charge on any atom is 0.160 e. The molecule has 0 unspecified atom stereocenters. The number of H-pyrrole nitrogens is 1. The highest BCUT2D eigenvalue weighted by Gasteiger charge is 2.03. The van der Waals surface area contributed by atoms with Crippen LogP contribution in [0.4, 0.5) is 11.5 Å². The largest absolute Gasteiger partial charge is 0.300 e. The van der Waals surface area contributed by atoms with Gasteiger partial charge in [-0.25, -0.2) is 9.97 Å². The Labute approximate surface area is 97.1 Å². The molecule has 2 heterocycles. The minimum atomic E-state index is 0.688. The summed E-state index contributed by atoms with van der Waals surface area (Å²) in [6.45, 7) is 0. The fraction of sp³-hybridized carbons (Fsp3) is 0. The maximum absolute atomic E-state index is 4.15. The van der Waals surface area contributed by atoms with Crippen molar-refractivity contribution in [2.75, 3.05) is 10.9 Å². The van der Waals surface area contributed by atoms with Gasteiger partial charge >= 0.3 is 0 Å². The van der Waals surface area contributed by atoms with Gasteiger partial charge in [0.25, 0.3) is 0 Å². The van der Waals surface area contributed by atoms with Crippen molar-refractivity contribution in [3.63, 3.8) is 0 Å². The zero-order valence-corrected chi connectivity index (χ0v) is 8.88. The summed E-state index contributed by atoms with van der Waals surface area (Å²) in [5.41, 5.74) is 7.76. The molecule has 0 aliphatic heterocycles. The zero-order valence-electron chi connectivity index (χ0n) is 8.88. The summed E-state index contributed by atoms with van der Waals surface area (Å²) in [7, 11) is 0. The molecule has 0 radical (unpaired) electrons. The molecule has 0 aliphatic carbocycles. The van der Waals surface area contributed by atoms with Crippen LogP contribution in [0.5, 0.6) is 0 Å². The first-order valence-electron chi connectivity index (χ1n) is 5.14. The molecule has 6 heteroatoms. The average Bonchev–Trinajstić information content (AvgIpc) is 2.86. The Morgan fingerprint density at radius 2 is 1.88 bits per heavy atom. The van der Waals surface area contributed by atoms with Crippen molar-refractivity contribution in [1.29, 1.82) is 0 Å². The highest BCUT2D eigenvalue weighted by atomic mass is 15.4. The Kier molecular flexibility index (Phi) is 2.31. The second-order valence-electron chi connectivity index (χ2n) is 3.47. The van der Waals surface area contributed by atoms with Crippen LogP contribution in [0, 0.1) is 0 Å². The number of anilines is 2. The van der Waals surface area contributed by atoms with Crippen molar-refractivity contribution < 1.29 is 0 Å². The van der Waals surface area contributed by atoms with Gasteiger partial charge in [-0.3, -0.25) is 16.0 Å². The van der Waals surface area contributed by atoms with E-state index in [4.69, 9.17) is 0 Å². The normalized spacial score (nSPS) is 10.4. The van der Waals surface area contributed by atoms with Gasteiger partial charge in [-0.05, 0) is 12.1 Å². The van der Waals surface area contributed by atoms with Gasteiger partial charge in [0.05, 0.1) is 17.3 Å². The quantitative estimate of drug-likeness (QED) is 0.593. The molecule has 17 heavy (non-hydrogen) atoms. The number of rotatable bonds is 3. The van der Waals surface area contributed by atoms with Crippen molar-refractivity contribution in [2.24, 2.45) is 0 Å². The molecular formula is C11H10N6. The van der Waals surface area contributed by atoms with E-state index in [0.29, 0.717) is 11.5 Å². The molecule has 84 valence electrons. The van der Waals surface area contributed by atoms with E-state index in [2.05, 4.69) is 31.0 Å². The predicted octanol–water partition coefficient (Wildman–Crippen LogP) is 1.79. The van der Waals surface area contributed by atoms with E-state index in [1.165, 1.54) is 6.33 Å². The molecule has 0 fully saturated rings. The molecule has 0 bridgehead atoms. The van der Waals surface area contributed by atoms with Crippen LogP contribution in [0.15, 0.2) is 42.9 Å². The van der Waals surface area contributed by atoms with Gasteiger partial charge < -0.3 is 0 Å². The van der Waals surface area contributed by atoms with Crippen molar-refractivity contribution in [2.45, 2.75) is 0 Å². The van der Waals surface area contributed by atoms with E-state index in [-0.39, 0.29) is 0 Å². The lowest BCUT2D eigenvalue weighted by atomic mass is 10.3. The first kappa shape index (κ1) is 9.59. The van der Waals surface area contributed by atoms with Gasteiger partial charge in [0.15, 0.2) is 11.5 Å². The highest BCUT2D eigenvalue weighted by Crippen LogP contribution is 2.16. The third kappa shape index (κ3) is 1.87. The SMILES string of the molecule is c1ccc(NNc2ncnc3[nH]ncc23)cc1. The van der Waals surface area contributed by atoms with Crippen LogP contribution in [0.1, 0.15) is 0 Å². The third-order valence-corrected chi connectivity index (χ3v) is 2.35. The Hall–Kier alpha value is -2.63. The molecule has 0 saturated heterocycles. The number of nitrogens with one attached hydrogen (secondary N) is 3. The second kappa shape index (κ2) is 4.09. The lowest BCUT2D eigenvalue weighted by Crippen LogP contribution is -2.10. The first-order chi connectivity index (χ1) is 8.43. The molecule has 0 atom stereocenters. The first-order valence-corrected chi connectivity index (χ1v) is 5.14. The lowest BCUT2D eigenvalue weighted by molar-refractivity contribution is 1.09. The standard InChI is InChI=1S/C11H10N6/c1-2-4-8(5-3-1)15-17-11-9-6-14-16-10(9)12-7-13-11/h1-7,15H,(H2,12,13,14,16,17). The Balaban J connectivity index is 1.84. The number of benzene rings is 1. The van der Waals surface area contributed by atoms with E-state index in [1.807, 2.05) is 30.3 Å². The molecule has 0 spiro atoms. The van der Waals surface area contributed by atoms with Crippen LogP contribution in [0.3, 0.4) is 0 Å². The second-order valence-corrected chi connectivity index (χ2v) is 3.47. The van der Waals surface area contributed by atoms with E-state index < -0.39 is 0 Å². The molecule has 3 N–H and O–H groups in total. The van der Waals surface area contributed by atoms with Crippen LogP contribution in [0.25, 0.3) is 11.0 Å². The number of hydrogen-bond acceptors (Lipinski definition) is 5. The lowest BCUT2D eigenvalue weighted by Gasteiger charge is -2.08. The Morgan fingerprint density at radius 1 is 1.00 bits per heavy atom. The monoisotopic (exact) mass is 226 g/mol. The zero-order chi connectivity index (χ0) is 11.5. The van der Waals surface area contributed by atoms with Gasteiger partial charge in [-0.1, -0.05) is 18.2 Å². The van der Waals surface area contributed by atoms with Gasteiger partial charge in [0.1, 0.15) is 6.33 Å². The maximum atomic E-state index is 4.15. The summed E-state index contributed by atoms with van der Waals surface area (Å²) < 4.78 is 0. The van der Waals surface area contributed by atoms with Crippen LogP contribution in [-0.2, 0) is 0 Å². The number of hydrogen-bond donors (Lipinski definition) is 3. The van der Waals surface area contributed by atoms with E-state index in [9.17, 15) is 0 Å². The van der Waals surface area contributed by atoms with E-state index >= 15 is 0 Å². The van der Waals surface area contributed by atoms with Gasteiger partial charge in [-0.15, -0.1) is 0 Å². The number of hydrazine groups is 1. The minimum Gasteiger partial charge on any atom is -0.300 e. The van der Waals surface area contributed by atoms with Crippen molar-refractivity contribution in [3.05, 3.63) is 42.9 Å². The van der Waals surface area contributed by atoms with Crippen LogP contribution in [0.2, 0.25) is 0 Å². The van der Waals surface area contributed by atoms with Crippen molar-refractivity contribution in [1.82, 2.24) is 20.2 Å². The van der Waals surface area contributed by atoms with E-state index in [1.54, 1.807) is 6.20 Å². The fourth-order valence-electron chi connectivity index (χ4n) is 1.52. The number of aromatic amines is 1. The molecular weight excluding hydrogens is 216 g/mol. The summed E-state index contributed by atoms with van der Waals surface area (Å²) in [6, 6.07) is 9.79. The minimum absolute atomic E-state index is 0.688. The number of nitrogens with zero attached hydrogens (tertiary/aromatic N) is 3. The highest BCUT2D eigenvalue weighted by molar-refractivity contribution is 5.85. The summed E-state index contributed by atoms with van der Waals surface area (Å²) >= 11 is 0. The predicted molar refractivity (Wildman–Crippen MR) is 65.4 cm³/mol. The smallest absolute Gasteiger partial charge is 0.160 e. The van der Waals surface area contributed by atoms with Crippen LogP contribution >= 0.6 is 0 Å². The molecule has 0 saturated carbocycles. The average molecular weight is 226 g/mol. The molecule has 0 amide bonds. The molecule has 3 rings (SSSR count). The van der Waals surface area contributed by atoms with E-state index in [0.717, 1.165) is 11.1 Å². The van der Waals surface area contributed by atoms with Gasteiger partial charge in [0.2, 0.25) is 0 Å². The molecule has 1 aromatic carbocycles. The molecule has 3 aromatic rings. The fourth-order valence-corrected chi connectivity index (χ4v) is 1.52. The summed E-state index contributed by atoms with van der Waals surface area (Å²) in [4.78, 5) is 8.21. The van der Waals surface area contributed by atoms with Crippen LogP contribution in [-0.4, -0.2) is 20.2 Å². The van der Waals surface area contributed by atoms with Crippen LogP contribution < -0.4 is 10.9 Å². The molecule has 2 aromatic heterocycles. The summed E-state index contributed by atoms with van der Waals surface area (Å²) in [5, 5.41) is 7.55. The topological polar surface area (TPSA) is 78.5 Å². The number of aromatic nitrogens is 4. The summed E-state index contributed by atoms with van der Waals surface area (Å²) in [6.07, 6.45) is 3.17. The van der Waals surface area contributed by atoms with Crippen molar-refractivity contribution >= 4 is 22.5 Å². The summed E-state index contributed by atoms with van der Waals surface area (Å²) in [5.74, 6) is 0.688.